The van der Waals surface area contributed by atoms with Gasteiger partial charge in [-0.15, -0.1) is 0 Å². The van der Waals surface area contributed by atoms with Gasteiger partial charge in [0.25, 0.3) is 0 Å². The number of anilines is 1. The Hall–Kier alpha value is -3.56. The number of aliphatic hydroxyl groups excluding tert-OH is 1. The summed E-state index contributed by atoms with van der Waals surface area (Å²) in [6.07, 6.45) is 6.59. The molecule has 0 aromatic heterocycles. The lowest BCUT2D eigenvalue weighted by atomic mass is 9.70. The van der Waals surface area contributed by atoms with Gasteiger partial charge in [-0.05, 0) is 78.6 Å². The van der Waals surface area contributed by atoms with Crippen molar-refractivity contribution in [1.82, 2.24) is 4.90 Å². The van der Waals surface area contributed by atoms with Crippen molar-refractivity contribution in [3.63, 3.8) is 0 Å². The Morgan fingerprint density at radius 1 is 1.17 bits per heavy atom. The third-order valence-corrected chi connectivity index (χ3v) is 9.39. The molecule has 2 aliphatic rings. The Kier molecular flexibility index (Phi) is 12.5. The number of aryl methyl sites for hydroxylation is 1. The fraction of sp³-hybridized carbons (Fsp3) is 0.528. The van der Waals surface area contributed by atoms with Crippen LogP contribution in [0.3, 0.4) is 0 Å². The summed E-state index contributed by atoms with van der Waals surface area (Å²) in [4.78, 5) is 39.9. The van der Waals surface area contributed by atoms with Crippen molar-refractivity contribution in [1.29, 1.82) is 0 Å². The van der Waals surface area contributed by atoms with Crippen LogP contribution in [-0.4, -0.2) is 74.4 Å². The second-order valence-electron chi connectivity index (χ2n) is 12.4. The second-order valence-corrected chi connectivity index (χ2v) is 12.8. The quantitative estimate of drug-likeness (QED) is 0.211. The molecule has 1 amide bonds. The first-order valence-electron chi connectivity index (χ1n) is 16.1. The van der Waals surface area contributed by atoms with Crippen molar-refractivity contribution >= 4 is 35.1 Å². The van der Waals surface area contributed by atoms with Crippen LogP contribution in [0.25, 0.3) is 0 Å². The summed E-state index contributed by atoms with van der Waals surface area (Å²) in [6, 6.07) is 11.4. The number of nitrogens with zero attached hydrogens (tertiary/aromatic N) is 2. The van der Waals surface area contributed by atoms with Crippen LogP contribution in [-0.2, 0) is 30.3 Å². The Balaban J connectivity index is 1.63. The van der Waals surface area contributed by atoms with Gasteiger partial charge in [-0.3, -0.25) is 9.59 Å². The highest BCUT2D eigenvalue weighted by atomic mass is 35.5. The first-order valence-corrected chi connectivity index (χ1v) is 16.5. The minimum absolute atomic E-state index is 0.00619. The molecule has 46 heavy (non-hydrogen) atoms. The average Bonchev–Trinajstić information content (AvgIpc) is 3.19. The number of carbonyl (C=O) groups excluding carboxylic acids is 3. The number of rotatable bonds is 13. The van der Waals surface area contributed by atoms with E-state index in [2.05, 4.69) is 17.9 Å². The number of benzene rings is 2. The molecule has 9 nitrogen and oxygen atoms in total. The minimum Gasteiger partial charge on any atom is -0.491 e. The van der Waals surface area contributed by atoms with E-state index in [9.17, 15) is 19.5 Å². The maximum Gasteiger partial charge on any atom is 0.339 e. The molecule has 1 saturated carbocycles. The van der Waals surface area contributed by atoms with E-state index in [1.54, 1.807) is 18.0 Å². The zero-order chi connectivity index (χ0) is 33.4. The Bertz CT molecular complexity index is 1410. The van der Waals surface area contributed by atoms with Gasteiger partial charge in [0.2, 0.25) is 5.91 Å². The van der Waals surface area contributed by atoms with Gasteiger partial charge in [0.1, 0.15) is 11.9 Å². The lowest BCUT2D eigenvalue weighted by Gasteiger charge is -2.43. The maximum absolute atomic E-state index is 12.2. The molecule has 10 heteroatoms. The molecule has 250 valence electrons. The van der Waals surface area contributed by atoms with Gasteiger partial charge in [-0.2, -0.15) is 0 Å². The first-order chi connectivity index (χ1) is 22.0. The number of halogens is 1. The Labute approximate surface area is 277 Å². The number of esters is 2. The number of carbonyl (C=O) groups is 3. The van der Waals surface area contributed by atoms with E-state index < -0.39 is 12.1 Å². The fourth-order valence-electron chi connectivity index (χ4n) is 6.40. The molecule has 1 fully saturated rings. The minimum atomic E-state index is -1.42. The normalized spacial score (nSPS) is 20.5. The molecule has 0 radical (unpaired) electrons. The molecule has 2 aromatic rings. The van der Waals surface area contributed by atoms with E-state index in [-0.39, 0.29) is 35.7 Å². The van der Waals surface area contributed by atoms with E-state index in [0.29, 0.717) is 49.0 Å². The van der Waals surface area contributed by atoms with Crippen molar-refractivity contribution in [3.05, 3.63) is 70.3 Å². The van der Waals surface area contributed by atoms with Crippen LogP contribution >= 0.6 is 11.6 Å². The predicted octanol–water partition coefficient (Wildman–Crippen LogP) is 5.86. The highest BCUT2D eigenvalue weighted by molar-refractivity contribution is 6.30. The number of aliphatic hydroxyl groups is 1. The summed E-state index contributed by atoms with van der Waals surface area (Å²) in [5.74, 6) is 0.00192. The Morgan fingerprint density at radius 3 is 2.61 bits per heavy atom. The van der Waals surface area contributed by atoms with Crippen LogP contribution in [0, 0.1) is 11.8 Å². The maximum atomic E-state index is 12.2. The largest absolute Gasteiger partial charge is 0.491 e. The molecular formula is C36H47ClN2O7. The van der Waals surface area contributed by atoms with Crippen molar-refractivity contribution in [2.45, 2.75) is 71.0 Å². The van der Waals surface area contributed by atoms with Crippen LogP contribution in [0.5, 0.6) is 5.75 Å². The van der Waals surface area contributed by atoms with Gasteiger partial charge in [-0.25, -0.2) is 4.79 Å². The third-order valence-electron chi connectivity index (χ3n) is 9.16. The van der Waals surface area contributed by atoms with Gasteiger partial charge >= 0.3 is 11.9 Å². The smallest absolute Gasteiger partial charge is 0.339 e. The highest BCUT2D eigenvalue weighted by Gasteiger charge is 2.40. The van der Waals surface area contributed by atoms with Gasteiger partial charge in [-0.1, -0.05) is 43.2 Å². The zero-order valence-electron chi connectivity index (χ0n) is 27.5. The molecule has 2 aromatic carbocycles. The van der Waals surface area contributed by atoms with E-state index in [0.717, 1.165) is 31.4 Å². The number of amides is 1. The first kappa shape index (κ1) is 35.3. The summed E-state index contributed by atoms with van der Waals surface area (Å²) >= 11 is 6.40. The van der Waals surface area contributed by atoms with Gasteiger partial charge in [0.05, 0.1) is 19.4 Å². The summed E-state index contributed by atoms with van der Waals surface area (Å²) in [5, 5.41) is 11.4. The third kappa shape index (κ3) is 8.82. The lowest BCUT2D eigenvalue weighted by Crippen LogP contribution is -2.45. The van der Waals surface area contributed by atoms with Crippen LogP contribution in [0.1, 0.15) is 75.2 Å². The predicted molar refractivity (Wildman–Crippen MR) is 178 cm³/mol. The number of hydrogen-bond donors (Lipinski definition) is 1. The number of fused-ring (bicyclic) bond motifs is 1. The zero-order valence-corrected chi connectivity index (χ0v) is 28.3. The highest BCUT2D eigenvalue weighted by Crippen LogP contribution is 2.43. The van der Waals surface area contributed by atoms with Crippen LogP contribution in [0.2, 0.25) is 5.02 Å². The molecule has 1 aliphatic carbocycles. The molecule has 4 rings (SSSR count). The molecule has 1 N–H and O–H groups in total. The van der Waals surface area contributed by atoms with Crippen molar-refractivity contribution < 1.29 is 33.7 Å². The molecule has 0 saturated heterocycles. The molecule has 5 atom stereocenters. The fourth-order valence-corrected chi connectivity index (χ4v) is 6.60. The average molecular weight is 655 g/mol. The standard InChI is InChI=1S/C36H47ClN2O7/c1-6-9-25-18-29(37)13-15-30(25)28-21-39(32-19-26(35(42)36(43)44-5)12-16-34(32)45-22-28)20-27-11-14-31(27)33(46-24(3)41)10-7-8-17-38(4)23(2)40/h7,10,12-13,15-16,18-19,27-28,31,33,35,42H,6,8-9,11,14,17,20-22H2,1-5H3/b10-7+. The van der Waals surface area contributed by atoms with E-state index >= 15 is 0 Å². The number of ether oxygens (including phenoxy) is 3. The van der Waals surface area contributed by atoms with E-state index in [4.69, 9.17) is 25.8 Å². The van der Waals surface area contributed by atoms with Crippen LogP contribution < -0.4 is 9.64 Å². The second kappa shape index (κ2) is 16.3. The van der Waals surface area contributed by atoms with E-state index in [1.165, 1.54) is 32.1 Å². The van der Waals surface area contributed by atoms with Crippen LogP contribution in [0.15, 0.2) is 48.6 Å². The number of methoxy groups -OCH3 is 1. The molecular weight excluding hydrogens is 608 g/mol. The molecule has 5 unspecified atom stereocenters. The molecule has 1 aliphatic heterocycles. The van der Waals surface area contributed by atoms with Crippen molar-refractivity contribution in [2.24, 2.45) is 11.8 Å². The topological polar surface area (TPSA) is 106 Å². The van der Waals surface area contributed by atoms with Gasteiger partial charge < -0.3 is 29.1 Å². The lowest BCUT2D eigenvalue weighted by molar-refractivity contribution is -0.151. The van der Waals surface area contributed by atoms with Gasteiger partial charge in [0.15, 0.2) is 6.10 Å². The summed E-state index contributed by atoms with van der Waals surface area (Å²) in [5.41, 5.74) is 3.62. The summed E-state index contributed by atoms with van der Waals surface area (Å²) in [6.45, 7) is 7.49. The van der Waals surface area contributed by atoms with Crippen molar-refractivity contribution in [2.75, 3.05) is 45.3 Å². The Morgan fingerprint density at radius 2 is 1.96 bits per heavy atom. The monoisotopic (exact) mass is 654 g/mol. The molecule has 0 bridgehead atoms. The molecule has 1 heterocycles. The van der Waals surface area contributed by atoms with Crippen molar-refractivity contribution in [3.8, 4) is 5.75 Å². The van der Waals surface area contributed by atoms with Gasteiger partial charge in [0, 0.05) is 57.4 Å². The molecule has 0 spiro atoms. The summed E-state index contributed by atoms with van der Waals surface area (Å²) in [7, 11) is 3.02. The number of hydrogen-bond acceptors (Lipinski definition) is 8. The van der Waals surface area contributed by atoms with E-state index in [1.807, 2.05) is 36.4 Å². The van der Waals surface area contributed by atoms with Crippen LogP contribution in [0.4, 0.5) is 5.69 Å². The summed E-state index contributed by atoms with van der Waals surface area (Å²) < 4.78 is 17.0. The SMILES string of the molecule is CCCc1cc(Cl)ccc1C1COc2ccc(C(O)C(=O)OC)cc2N(CC2CCC2C(/C=C/CCN(C)C(C)=O)OC(C)=O)C1.